The number of nitrogens with zero attached hydrogens (tertiary/aromatic N) is 3. The van der Waals surface area contributed by atoms with E-state index in [1.807, 2.05) is 0 Å². The van der Waals surface area contributed by atoms with E-state index in [4.69, 9.17) is 0 Å². The van der Waals surface area contributed by atoms with Gasteiger partial charge in [0.2, 0.25) is 12.8 Å². The summed E-state index contributed by atoms with van der Waals surface area (Å²) in [6, 6.07) is 0. The van der Waals surface area contributed by atoms with Gasteiger partial charge in [-0.15, -0.1) is 0 Å². The zero-order valence-corrected chi connectivity index (χ0v) is 23.1. The number of alkyl carbamates (subject to hydrolysis) is 1. The van der Waals surface area contributed by atoms with Gasteiger partial charge in [-0.3, -0.25) is 4.79 Å². The summed E-state index contributed by atoms with van der Waals surface area (Å²) in [4.78, 5) is 61.3. The molecule has 2 N–H and O–H groups in total. The molecule has 0 bridgehead atoms. The Bertz CT molecular complexity index is 1000. The molecule has 0 aliphatic carbocycles. The number of unbranched alkanes of at least 4 members (excludes halogenated alkanes) is 10. The second-order valence-electron chi connectivity index (χ2n) is 9.50. The van der Waals surface area contributed by atoms with E-state index < -0.39 is 30.0 Å². The van der Waals surface area contributed by atoms with Gasteiger partial charge in [-0.2, -0.15) is 0 Å². The minimum absolute atomic E-state index is 0.0657. The summed E-state index contributed by atoms with van der Waals surface area (Å²) in [6.07, 6.45) is 9.86. The van der Waals surface area contributed by atoms with Crippen LogP contribution in [0.2, 0.25) is 0 Å². The van der Waals surface area contributed by atoms with Crippen LogP contribution in [0.3, 0.4) is 0 Å². The Morgan fingerprint density at radius 2 is 1.05 bits per heavy atom. The lowest BCUT2D eigenvalue weighted by atomic mass is 10.1. The van der Waals surface area contributed by atoms with Gasteiger partial charge in [0, 0.05) is 39.6 Å². The first-order valence-electron chi connectivity index (χ1n) is 14.0. The zero-order valence-electron chi connectivity index (χ0n) is 23.1. The fraction of sp³-hybridized carbons (Fsp3) is 0.808. The number of hydrogen-bond acceptors (Lipinski definition) is 6. The maximum Gasteiger partial charge on any atom is 0.409 e. The molecule has 1 aromatic rings. The molecule has 1 rings (SSSR count). The summed E-state index contributed by atoms with van der Waals surface area (Å²) in [6.45, 7) is 4.12. The topological polar surface area (TPSA) is 133 Å². The molecule has 0 radical (unpaired) electrons. The van der Waals surface area contributed by atoms with Crippen LogP contribution in [0.4, 0.5) is 9.18 Å². The number of rotatable bonds is 21. The van der Waals surface area contributed by atoms with Crippen molar-refractivity contribution < 1.29 is 18.7 Å². The normalized spacial score (nSPS) is 10.9. The highest BCUT2D eigenvalue weighted by Crippen LogP contribution is 2.04. The highest BCUT2D eigenvalue weighted by Gasteiger charge is 2.15. The third kappa shape index (κ3) is 13.0. The summed E-state index contributed by atoms with van der Waals surface area (Å²) in [5.41, 5.74) is -1.68. The Morgan fingerprint density at radius 1 is 0.658 bits per heavy atom. The molecule has 0 aromatic carbocycles. The first-order chi connectivity index (χ1) is 18.3. The second-order valence-corrected chi connectivity index (χ2v) is 9.50. The van der Waals surface area contributed by atoms with Gasteiger partial charge in [-0.05, 0) is 32.1 Å². The minimum atomic E-state index is -1.17. The summed E-state index contributed by atoms with van der Waals surface area (Å²) >= 11 is 0. The van der Waals surface area contributed by atoms with Crippen LogP contribution in [0, 0.1) is 0 Å². The lowest BCUT2D eigenvalue weighted by Gasteiger charge is -2.14. The molecule has 218 valence electrons. The van der Waals surface area contributed by atoms with Gasteiger partial charge in [-0.25, -0.2) is 37.3 Å². The number of carbonyl (C=O) groups excluding carboxylic acids is 2. The van der Waals surface area contributed by atoms with E-state index in [-0.39, 0.29) is 19.0 Å². The number of ether oxygens (including phenoxy) is 1. The Morgan fingerprint density at radius 3 is 1.45 bits per heavy atom. The van der Waals surface area contributed by atoms with Gasteiger partial charge in [0.1, 0.15) is 0 Å². The molecule has 11 nitrogen and oxygen atoms in total. The van der Waals surface area contributed by atoms with E-state index >= 15 is 0 Å². The Kier molecular flexibility index (Phi) is 17.5. The number of alkyl halides is 1. The molecular formula is C26H46FN5O6. The number of hydrogen-bond donors (Lipinski definition) is 2. The lowest BCUT2D eigenvalue weighted by molar-refractivity contribution is -0.118. The van der Waals surface area contributed by atoms with Gasteiger partial charge < -0.3 is 15.4 Å². The molecule has 0 saturated heterocycles. The molecule has 0 spiro atoms. The van der Waals surface area contributed by atoms with Gasteiger partial charge >= 0.3 is 23.2 Å². The Labute approximate surface area is 223 Å². The lowest BCUT2D eigenvalue weighted by Crippen LogP contribution is -2.54. The minimum Gasteiger partial charge on any atom is -0.418 e. The van der Waals surface area contributed by atoms with E-state index in [2.05, 4.69) is 22.3 Å². The molecule has 38 heavy (non-hydrogen) atoms. The average Bonchev–Trinajstić information content (AvgIpc) is 2.88. The maximum absolute atomic E-state index is 13.1. The molecule has 1 heterocycles. The van der Waals surface area contributed by atoms with Gasteiger partial charge in [0.05, 0.1) is 0 Å². The van der Waals surface area contributed by atoms with E-state index in [0.717, 1.165) is 57.8 Å². The van der Waals surface area contributed by atoms with Crippen LogP contribution in [0.25, 0.3) is 0 Å². The number of amides is 2. The number of carbonyl (C=O) groups is 2. The Hall–Kier alpha value is -2.92. The van der Waals surface area contributed by atoms with E-state index in [1.165, 1.54) is 20.6 Å². The number of aromatic nitrogens is 3. The molecule has 0 aliphatic rings. The average molecular weight is 544 g/mol. The molecule has 12 heteroatoms. The van der Waals surface area contributed by atoms with Crippen LogP contribution in [0.5, 0.6) is 0 Å². The molecule has 0 unspecified atom stereocenters. The fourth-order valence-electron chi connectivity index (χ4n) is 4.18. The van der Waals surface area contributed by atoms with Crippen LogP contribution in [-0.4, -0.2) is 45.7 Å². The van der Waals surface area contributed by atoms with Crippen molar-refractivity contribution in [3.05, 3.63) is 31.5 Å². The largest absolute Gasteiger partial charge is 0.418 e. The first kappa shape index (κ1) is 33.1. The van der Waals surface area contributed by atoms with E-state index in [9.17, 15) is 28.4 Å². The van der Waals surface area contributed by atoms with Crippen molar-refractivity contribution in [1.82, 2.24) is 24.3 Å². The maximum atomic E-state index is 13.1. The molecule has 2 amide bonds. The van der Waals surface area contributed by atoms with Crippen molar-refractivity contribution in [2.45, 2.75) is 117 Å². The first-order valence-corrected chi connectivity index (χ1v) is 14.0. The molecule has 0 fully saturated rings. The fourth-order valence-corrected chi connectivity index (χ4v) is 4.18. The van der Waals surface area contributed by atoms with Crippen LogP contribution >= 0.6 is 0 Å². The highest BCUT2D eigenvalue weighted by atomic mass is 19.1. The molecule has 0 aliphatic heterocycles. The third-order valence-corrected chi connectivity index (χ3v) is 6.32. The smallest absolute Gasteiger partial charge is 0.409 e. The van der Waals surface area contributed by atoms with Crippen LogP contribution in [0.1, 0.15) is 97.3 Å². The van der Waals surface area contributed by atoms with Crippen molar-refractivity contribution in [1.29, 1.82) is 0 Å². The summed E-state index contributed by atoms with van der Waals surface area (Å²) in [5.74, 6) is -0.0657. The highest BCUT2D eigenvalue weighted by molar-refractivity contribution is 5.72. The van der Waals surface area contributed by atoms with Crippen LogP contribution in [-0.2, 0) is 29.2 Å². The quantitative estimate of drug-likeness (QED) is 0.229. The summed E-state index contributed by atoms with van der Waals surface area (Å²) < 4.78 is 19.6. The number of halogens is 1. The SMILES string of the molecule is CCCCCCCn1c(=O)n(CCCCCCNC(C)=O)c(=O)n(CCCCCCNC(=O)OCF)c1=O. The molecule has 1 aromatic heterocycles. The van der Waals surface area contributed by atoms with E-state index in [0.29, 0.717) is 45.3 Å². The van der Waals surface area contributed by atoms with Crippen molar-refractivity contribution in [3.8, 4) is 0 Å². The van der Waals surface area contributed by atoms with Crippen molar-refractivity contribution in [3.63, 3.8) is 0 Å². The molecule has 0 saturated carbocycles. The zero-order chi connectivity index (χ0) is 28.2. The second kappa shape index (κ2) is 20.1. The predicted octanol–water partition coefficient (Wildman–Crippen LogP) is 3.05. The summed E-state index contributed by atoms with van der Waals surface area (Å²) in [7, 11) is 0. The third-order valence-electron chi connectivity index (χ3n) is 6.32. The predicted molar refractivity (Wildman–Crippen MR) is 144 cm³/mol. The monoisotopic (exact) mass is 543 g/mol. The summed E-state index contributed by atoms with van der Waals surface area (Å²) in [5, 5.41) is 5.19. The van der Waals surface area contributed by atoms with E-state index in [1.54, 1.807) is 0 Å². The van der Waals surface area contributed by atoms with Crippen molar-refractivity contribution >= 4 is 12.0 Å². The van der Waals surface area contributed by atoms with Gasteiger partial charge in [-0.1, -0.05) is 58.3 Å². The molecular weight excluding hydrogens is 497 g/mol. The van der Waals surface area contributed by atoms with Crippen LogP contribution < -0.4 is 27.7 Å². The van der Waals surface area contributed by atoms with Crippen LogP contribution in [0.15, 0.2) is 14.4 Å². The van der Waals surface area contributed by atoms with Crippen molar-refractivity contribution in [2.24, 2.45) is 0 Å². The standard InChI is InChI=1S/C26H46FN5O6/c1-3-4-5-8-13-18-30-24(35)31(19-14-9-6-11-16-28-22(2)33)26(37)32(25(30)36)20-15-10-7-12-17-29-23(34)38-21-27/h3-21H2,1-2H3,(H,28,33)(H,29,34). The van der Waals surface area contributed by atoms with Gasteiger partial charge in [0.25, 0.3) is 0 Å². The Balaban J connectivity index is 2.78. The van der Waals surface area contributed by atoms with Gasteiger partial charge in [0.15, 0.2) is 0 Å². The van der Waals surface area contributed by atoms with Crippen molar-refractivity contribution in [2.75, 3.05) is 20.0 Å². The molecule has 0 atom stereocenters. The number of nitrogens with one attached hydrogen (secondary N) is 2.